The molecule has 1 rings (SSSR count). The lowest BCUT2D eigenvalue weighted by molar-refractivity contribution is -0.385. The first-order valence-corrected chi connectivity index (χ1v) is 5.40. The lowest BCUT2D eigenvalue weighted by Crippen LogP contribution is -2.35. The number of esters is 1. The van der Waals surface area contributed by atoms with E-state index in [1.807, 2.05) is 13.8 Å². The van der Waals surface area contributed by atoms with E-state index >= 15 is 0 Å². The van der Waals surface area contributed by atoms with Crippen molar-refractivity contribution in [3.8, 4) is 0 Å². The number of methoxy groups -OCH3 is 1. The van der Waals surface area contributed by atoms with Crippen molar-refractivity contribution in [1.82, 2.24) is 4.98 Å². The Balaban J connectivity index is 2.81. The molecule has 1 aromatic heterocycles. The number of hydrogen-bond acceptors (Lipinski definition) is 6. The van der Waals surface area contributed by atoms with Gasteiger partial charge in [0.2, 0.25) is 0 Å². The molecule has 0 radical (unpaired) electrons. The molecule has 0 bridgehead atoms. The number of pyridine rings is 1. The van der Waals surface area contributed by atoms with E-state index in [2.05, 4.69) is 15.0 Å². The Morgan fingerprint density at radius 1 is 1.50 bits per heavy atom. The smallest absolute Gasteiger partial charge is 0.328 e. The van der Waals surface area contributed by atoms with E-state index in [0.717, 1.165) is 6.20 Å². The van der Waals surface area contributed by atoms with Gasteiger partial charge in [0.05, 0.1) is 12.0 Å². The van der Waals surface area contributed by atoms with Crippen molar-refractivity contribution in [3.63, 3.8) is 0 Å². The average molecular weight is 253 g/mol. The zero-order valence-electron chi connectivity index (χ0n) is 10.4. The second-order valence-electron chi connectivity index (χ2n) is 4.05. The number of aromatic nitrogens is 1. The summed E-state index contributed by atoms with van der Waals surface area (Å²) in [5.74, 6) is 0.00398. The van der Waals surface area contributed by atoms with Crippen LogP contribution in [0.4, 0.5) is 11.5 Å². The van der Waals surface area contributed by atoms with Crippen LogP contribution in [0.5, 0.6) is 0 Å². The number of nitrogens with one attached hydrogen (secondary N) is 1. The molecule has 1 heterocycles. The van der Waals surface area contributed by atoms with Crippen LogP contribution in [0.1, 0.15) is 13.8 Å². The fourth-order valence-corrected chi connectivity index (χ4v) is 1.36. The molecule has 1 aromatic rings. The van der Waals surface area contributed by atoms with Crippen molar-refractivity contribution < 1.29 is 14.5 Å². The van der Waals surface area contributed by atoms with Crippen molar-refractivity contribution >= 4 is 17.5 Å². The van der Waals surface area contributed by atoms with Crippen LogP contribution in [0.2, 0.25) is 0 Å². The molecule has 0 amide bonds. The van der Waals surface area contributed by atoms with Gasteiger partial charge in [-0.05, 0) is 12.0 Å². The Morgan fingerprint density at radius 3 is 2.56 bits per heavy atom. The first-order valence-electron chi connectivity index (χ1n) is 5.40. The van der Waals surface area contributed by atoms with Crippen molar-refractivity contribution in [1.29, 1.82) is 0 Å². The van der Waals surface area contributed by atoms with E-state index in [4.69, 9.17) is 0 Å². The normalized spacial score (nSPS) is 12.0. The molecule has 1 unspecified atom stereocenters. The molecule has 0 aromatic carbocycles. The Labute approximate surface area is 104 Å². The Bertz CT molecular complexity index is 430. The number of nitrogens with zero attached hydrogens (tertiary/aromatic N) is 2. The van der Waals surface area contributed by atoms with Gasteiger partial charge in [0.15, 0.2) is 0 Å². The minimum atomic E-state index is -0.538. The molecule has 0 saturated carbocycles. The average Bonchev–Trinajstić information content (AvgIpc) is 2.35. The van der Waals surface area contributed by atoms with Crippen molar-refractivity contribution in [2.45, 2.75) is 19.9 Å². The maximum atomic E-state index is 11.5. The minimum Gasteiger partial charge on any atom is -0.467 e. The monoisotopic (exact) mass is 253 g/mol. The van der Waals surface area contributed by atoms with E-state index in [-0.39, 0.29) is 11.6 Å². The van der Waals surface area contributed by atoms with Crippen LogP contribution in [-0.4, -0.2) is 29.0 Å². The van der Waals surface area contributed by atoms with Crippen LogP contribution in [0.3, 0.4) is 0 Å². The maximum Gasteiger partial charge on any atom is 0.328 e. The third-order valence-corrected chi connectivity index (χ3v) is 2.38. The summed E-state index contributed by atoms with van der Waals surface area (Å²) in [7, 11) is 1.31. The lowest BCUT2D eigenvalue weighted by Gasteiger charge is -2.20. The molecule has 0 saturated heterocycles. The topological polar surface area (TPSA) is 94.4 Å². The second kappa shape index (κ2) is 5.95. The molecule has 1 N–H and O–H groups in total. The number of anilines is 1. The number of ether oxygens (including phenoxy) is 1. The molecule has 0 fully saturated rings. The number of hydrogen-bond donors (Lipinski definition) is 1. The first kappa shape index (κ1) is 13.9. The Hall–Kier alpha value is -2.18. The molecule has 18 heavy (non-hydrogen) atoms. The molecule has 0 aliphatic carbocycles. The van der Waals surface area contributed by atoms with Gasteiger partial charge in [0, 0.05) is 6.07 Å². The van der Waals surface area contributed by atoms with E-state index in [1.54, 1.807) is 0 Å². The fourth-order valence-electron chi connectivity index (χ4n) is 1.36. The van der Waals surface area contributed by atoms with Crippen molar-refractivity contribution in [2.24, 2.45) is 5.92 Å². The van der Waals surface area contributed by atoms with Crippen molar-refractivity contribution in [3.05, 3.63) is 28.4 Å². The highest BCUT2D eigenvalue weighted by Gasteiger charge is 2.23. The summed E-state index contributed by atoms with van der Waals surface area (Å²) >= 11 is 0. The van der Waals surface area contributed by atoms with Gasteiger partial charge in [-0.2, -0.15) is 0 Å². The van der Waals surface area contributed by atoms with Gasteiger partial charge in [0.25, 0.3) is 5.69 Å². The zero-order chi connectivity index (χ0) is 13.7. The van der Waals surface area contributed by atoms with Gasteiger partial charge in [-0.1, -0.05) is 13.8 Å². The minimum absolute atomic E-state index is 0.00874. The van der Waals surface area contributed by atoms with Gasteiger partial charge >= 0.3 is 5.97 Å². The fraction of sp³-hybridized carbons (Fsp3) is 0.455. The van der Waals surface area contributed by atoms with Crippen molar-refractivity contribution in [2.75, 3.05) is 12.4 Å². The van der Waals surface area contributed by atoms with E-state index in [0.29, 0.717) is 5.82 Å². The molecular weight excluding hydrogens is 238 g/mol. The highest BCUT2D eigenvalue weighted by Crippen LogP contribution is 2.15. The first-order chi connectivity index (χ1) is 8.45. The number of rotatable bonds is 5. The molecule has 0 aliphatic rings. The van der Waals surface area contributed by atoms with Crippen LogP contribution < -0.4 is 5.32 Å². The molecular formula is C11H15N3O4. The lowest BCUT2D eigenvalue weighted by atomic mass is 10.0. The molecule has 0 spiro atoms. The SMILES string of the molecule is COC(=O)C(Nc1ccc([N+](=O)[O-])cn1)C(C)C. The number of nitro groups is 1. The van der Waals surface area contributed by atoms with Crippen LogP contribution in [0, 0.1) is 16.0 Å². The standard InChI is InChI=1S/C11H15N3O4/c1-7(2)10(11(15)18-3)13-9-5-4-8(6-12-9)14(16)17/h4-7,10H,1-3H3,(H,12,13). The second-order valence-corrected chi connectivity index (χ2v) is 4.05. The summed E-state index contributed by atoms with van der Waals surface area (Å²) < 4.78 is 4.67. The van der Waals surface area contributed by atoms with E-state index < -0.39 is 16.9 Å². The third-order valence-electron chi connectivity index (χ3n) is 2.38. The summed E-state index contributed by atoms with van der Waals surface area (Å²) in [6.07, 6.45) is 1.14. The molecule has 7 heteroatoms. The number of carbonyl (C=O) groups is 1. The van der Waals surface area contributed by atoms with Crippen LogP contribution in [0.15, 0.2) is 18.3 Å². The summed E-state index contributed by atoms with van der Waals surface area (Å²) in [6, 6.07) is 2.24. The molecule has 98 valence electrons. The summed E-state index contributed by atoms with van der Waals surface area (Å²) in [4.78, 5) is 25.3. The Morgan fingerprint density at radius 2 is 2.17 bits per heavy atom. The number of carbonyl (C=O) groups excluding carboxylic acids is 1. The van der Waals surface area contributed by atoms with Gasteiger partial charge < -0.3 is 10.1 Å². The highest BCUT2D eigenvalue weighted by molar-refractivity contribution is 5.79. The van der Waals surface area contributed by atoms with Gasteiger partial charge in [-0.3, -0.25) is 10.1 Å². The van der Waals surface area contributed by atoms with Crippen LogP contribution in [-0.2, 0) is 9.53 Å². The third kappa shape index (κ3) is 3.41. The van der Waals surface area contributed by atoms with Gasteiger partial charge in [-0.25, -0.2) is 9.78 Å². The van der Waals surface area contributed by atoms with Crippen LogP contribution >= 0.6 is 0 Å². The predicted octanol–water partition coefficient (Wildman–Crippen LogP) is 1.60. The quantitative estimate of drug-likeness (QED) is 0.486. The van der Waals surface area contributed by atoms with Gasteiger partial charge in [0.1, 0.15) is 18.1 Å². The maximum absolute atomic E-state index is 11.5. The molecule has 7 nitrogen and oxygen atoms in total. The summed E-state index contributed by atoms with van der Waals surface area (Å²) in [5, 5.41) is 13.4. The molecule has 1 atom stereocenters. The van der Waals surface area contributed by atoms with Gasteiger partial charge in [-0.15, -0.1) is 0 Å². The summed E-state index contributed by atoms with van der Waals surface area (Å²) in [6.45, 7) is 3.72. The molecule has 0 aliphatic heterocycles. The zero-order valence-corrected chi connectivity index (χ0v) is 10.4. The summed E-state index contributed by atoms with van der Waals surface area (Å²) in [5.41, 5.74) is -0.0975. The van der Waals surface area contributed by atoms with E-state index in [9.17, 15) is 14.9 Å². The highest BCUT2D eigenvalue weighted by atomic mass is 16.6. The Kier molecular flexibility index (Phi) is 4.59. The van der Waals surface area contributed by atoms with E-state index in [1.165, 1.54) is 19.2 Å². The predicted molar refractivity (Wildman–Crippen MR) is 65.2 cm³/mol. The largest absolute Gasteiger partial charge is 0.467 e. The van der Waals surface area contributed by atoms with Crippen LogP contribution in [0.25, 0.3) is 0 Å².